The van der Waals surface area contributed by atoms with E-state index in [1.54, 1.807) is 18.6 Å². The number of benzene rings is 2. The molecule has 0 bridgehead atoms. The fourth-order valence-corrected chi connectivity index (χ4v) is 4.23. The van der Waals surface area contributed by atoms with Gasteiger partial charge >= 0.3 is 0 Å². The van der Waals surface area contributed by atoms with E-state index in [0.717, 1.165) is 49.9 Å². The Bertz CT molecular complexity index is 1750. The number of aryl methyl sites for hydroxylation is 2. The van der Waals surface area contributed by atoms with Crippen LogP contribution in [-0.2, 0) is 6.42 Å². The number of carbonyl (C=O) groups excluding carboxylic acids is 1. The van der Waals surface area contributed by atoms with Gasteiger partial charge in [0.25, 0.3) is 0 Å². The summed E-state index contributed by atoms with van der Waals surface area (Å²) in [5.41, 5.74) is 7.16. The van der Waals surface area contributed by atoms with Crippen molar-refractivity contribution < 1.29 is 4.79 Å². The summed E-state index contributed by atoms with van der Waals surface area (Å²) in [7, 11) is 0. The molecule has 0 radical (unpaired) electrons. The van der Waals surface area contributed by atoms with E-state index in [1.165, 1.54) is 0 Å². The van der Waals surface area contributed by atoms with Gasteiger partial charge in [0.1, 0.15) is 5.82 Å². The number of aromatic nitrogens is 6. The van der Waals surface area contributed by atoms with Crippen molar-refractivity contribution in [2.24, 2.45) is 0 Å². The number of carbonyl (C=O) groups is 1. The highest BCUT2D eigenvalue weighted by atomic mass is 16.1. The highest BCUT2D eigenvalue weighted by molar-refractivity contribution is 6.01. The summed E-state index contributed by atoms with van der Waals surface area (Å²) in [5, 5.41) is 12.3. The Hall–Kier alpha value is -4.85. The maximum atomic E-state index is 12.9. The molecule has 8 heteroatoms. The fraction of sp³-hybridized carbons (Fsp3) is 0.107. The van der Waals surface area contributed by atoms with Gasteiger partial charge in [0.2, 0.25) is 0 Å². The summed E-state index contributed by atoms with van der Waals surface area (Å²) < 4.78 is 0. The minimum atomic E-state index is 0.0230. The average Bonchev–Trinajstić information content (AvgIpc) is 3.53. The Morgan fingerprint density at radius 2 is 1.83 bits per heavy atom. The maximum Gasteiger partial charge on any atom is 0.183 e. The number of nitrogens with one attached hydrogen (secondary N) is 3. The van der Waals surface area contributed by atoms with E-state index < -0.39 is 0 Å². The van der Waals surface area contributed by atoms with Gasteiger partial charge in [0, 0.05) is 52.0 Å². The zero-order chi connectivity index (χ0) is 24.6. The number of Topliss-reactive ketones (excluding diaryl/α,β-unsaturated/α-hetero) is 1. The monoisotopic (exact) mass is 473 g/mol. The lowest BCUT2D eigenvalue weighted by Crippen LogP contribution is -2.05. The van der Waals surface area contributed by atoms with Gasteiger partial charge in [-0.05, 0) is 61.4 Å². The van der Waals surface area contributed by atoms with Crippen LogP contribution in [0.3, 0.4) is 0 Å². The zero-order valence-electron chi connectivity index (χ0n) is 19.8. The van der Waals surface area contributed by atoms with E-state index in [2.05, 4.69) is 30.5 Å². The predicted octanol–water partition coefficient (Wildman–Crippen LogP) is 5.68. The van der Waals surface area contributed by atoms with Crippen LogP contribution in [0.1, 0.15) is 27.3 Å². The average molecular weight is 474 g/mol. The Morgan fingerprint density at radius 1 is 0.917 bits per heavy atom. The Kier molecular flexibility index (Phi) is 5.26. The summed E-state index contributed by atoms with van der Waals surface area (Å²) in [6.45, 7) is 3.97. The lowest BCUT2D eigenvalue weighted by molar-refractivity contribution is 0.0989. The van der Waals surface area contributed by atoms with Crippen molar-refractivity contribution in [1.82, 2.24) is 30.1 Å². The standard InChI is InChI=1S/C28H23N7O/c1-16-9-18(14-30-17(16)2)10-26(36)25-12-19-3-4-20(13-24(19)33-25)28-29-8-7-27(34-28)32-22-5-6-23-21(11-22)15-31-35-23/h3-9,11-15,33H,10H2,1-2H3,(H,31,35)(H,29,32,34). The first-order valence-electron chi connectivity index (χ1n) is 11.6. The molecule has 0 spiro atoms. The molecule has 4 heterocycles. The van der Waals surface area contributed by atoms with Gasteiger partial charge in [0.15, 0.2) is 11.6 Å². The number of H-pyrrole nitrogens is 2. The molecular weight excluding hydrogens is 450 g/mol. The molecule has 0 aliphatic carbocycles. The summed E-state index contributed by atoms with van der Waals surface area (Å²) in [6, 6.07) is 17.6. The van der Waals surface area contributed by atoms with E-state index >= 15 is 0 Å². The second-order valence-electron chi connectivity index (χ2n) is 8.89. The number of aromatic amines is 2. The van der Waals surface area contributed by atoms with Crippen LogP contribution in [0.15, 0.2) is 73.2 Å². The molecule has 8 nitrogen and oxygen atoms in total. The molecule has 36 heavy (non-hydrogen) atoms. The molecule has 0 aliphatic heterocycles. The topological polar surface area (TPSA) is 112 Å². The van der Waals surface area contributed by atoms with Crippen LogP contribution in [0, 0.1) is 13.8 Å². The van der Waals surface area contributed by atoms with Gasteiger partial charge in [0.05, 0.1) is 17.4 Å². The maximum absolute atomic E-state index is 12.9. The molecule has 0 atom stereocenters. The highest BCUT2D eigenvalue weighted by Crippen LogP contribution is 2.25. The number of fused-ring (bicyclic) bond motifs is 2. The number of anilines is 2. The molecule has 0 aliphatic rings. The molecule has 0 fully saturated rings. The van der Waals surface area contributed by atoms with Crippen molar-refractivity contribution in [3.05, 3.63) is 95.7 Å². The summed E-state index contributed by atoms with van der Waals surface area (Å²) >= 11 is 0. The quantitative estimate of drug-likeness (QED) is 0.268. The van der Waals surface area contributed by atoms with Crippen molar-refractivity contribution in [2.45, 2.75) is 20.3 Å². The number of nitrogens with zero attached hydrogens (tertiary/aromatic N) is 4. The first-order valence-corrected chi connectivity index (χ1v) is 11.6. The number of rotatable bonds is 6. The van der Waals surface area contributed by atoms with Gasteiger partial charge in [-0.1, -0.05) is 18.2 Å². The van der Waals surface area contributed by atoms with E-state index in [1.807, 2.05) is 68.4 Å². The number of hydrogen-bond donors (Lipinski definition) is 3. The summed E-state index contributed by atoms with van der Waals surface area (Å²) in [5.74, 6) is 1.30. The van der Waals surface area contributed by atoms with Crippen LogP contribution in [0.2, 0.25) is 0 Å². The Morgan fingerprint density at radius 3 is 2.72 bits per heavy atom. The second-order valence-corrected chi connectivity index (χ2v) is 8.89. The number of ketones is 1. The Labute approximate surface area is 206 Å². The van der Waals surface area contributed by atoms with Crippen LogP contribution in [0.25, 0.3) is 33.2 Å². The van der Waals surface area contributed by atoms with Gasteiger partial charge in [-0.25, -0.2) is 9.97 Å². The smallest absolute Gasteiger partial charge is 0.183 e. The minimum absolute atomic E-state index is 0.0230. The SMILES string of the molecule is Cc1cc(CC(=O)c2cc3ccc(-c4nccc(Nc5ccc6[nH]ncc6c5)n4)cc3[nH]2)cnc1C. The third-order valence-electron chi connectivity index (χ3n) is 6.31. The second kappa shape index (κ2) is 8.74. The van der Waals surface area contributed by atoms with Crippen LogP contribution < -0.4 is 5.32 Å². The molecule has 0 amide bonds. The van der Waals surface area contributed by atoms with Crippen molar-refractivity contribution in [3.63, 3.8) is 0 Å². The van der Waals surface area contributed by atoms with Crippen molar-refractivity contribution in [1.29, 1.82) is 0 Å². The van der Waals surface area contributed by atoms with Crippen molar-refractivity contribution in [2.75, 3.05) is 5.32 Å². The first-order chi connectivity index (χ1) is 17.5. The van der Waals surface area contributed by atoms with E-state index in [4.69, 9.17) is 4.98 Å². The molecule has 0 unspecified atom stereocenters. The fourth-order valence-electron chi connectivity index (χ4n) is 4.23. The molecule has 176 valence electrons. The highest BCUT2D eigenvalue weighted by Gasteiger charge is 2.13. The van der Waals surface area contributed by atoms with Crippen molar-refractivity contribution in [3.8, 4) is 11.4 Å². The number of pyridine rings is 1. The van der Waals surface area contributed by atoms with E-state index in [-0.39, 0.29) is 5.78 Å². The van der Waals surface area contributed by atoms with E-state index in [0.29, 0.717) is 23.8 Å². The van der Waals surface area contributed by atoms with Gasteiger partial charge in [-0.2, -0.15) is 5.10 Å². The van der Waals surface area contributed by atoms with Crippen LogP contribution in [0.5, 0.6) is 0 Å². The summed E-state index contributed by atoms with van der Waals surface area (Å²) in [6.07, 6.45) is 5.59. The zero-order valence-corrected chi connectivity index (χ0v) is 19.8. The normalized spacial score (nSPS) is 11.3. The molecule has 6 aromatic rings. The molecule has 3 N–H and O–H groups in total. The van der Waals surface area contributed by atoms with E-state index in [9.17, 15) is 4.79 Å². The lowest BCUT2D eigenvalue weighted by atomic mass is 10.1. The largest absolute Gasteiger partial charge is 0.352 e. The molecule has 0 saturated heterocycles. The predicted molar refractivity (Wildman–Crippen MR) is 140 cm³/mol. The lowest BCUT2D eigenvalue weighted by Gasteiger charge is -2.07. The molecule has 2 aromatic carbocycles. The minimum Gasteiger partial charge on any atom is -0.352 e. The van der Waals surface area contributed by atoms with Gasteiger partial charge in [-0.3, -0.25) is 14.9 Å². The van der Waals surface area contributed by atoms with Crippen molar-refractivity contribution >= 4 is 39.1 Å². The van der Waals surface area contributed by atoms with Gasteiger partial charge < -0.3 is 10.3 Å². The first kappa shape index (κ1) is 21.7. The molecule has 0 saturated carbocycles. The molecular formula is C28H23N7O. The van der Waals surface area contributed by atoms with Gasteiger partial charge in [-0.15, -0.1) is 0 Å². The Balaban J connectivity index is 1.24. The third-order valence-corrected chi connectivity index (χ3v) is 6.31. The summed E-state index contributed by atoms with van der Waals surface area (Å²) in [4.78, 5) is 29.7. The third kappa shape index (κ3) is 4.20. The van der Waals surface area contributed by atoms with Crippen LogP contribution >= 0.6 is 0 Å². The molecule has 6 rings (SSSR count). The van der Waals surface area contributed by atoms with Crippen LogP contribution in [0.4, 0.5) is 11.5 Å². The molecule has 4 aromatic heterocycles. The van der Waals surface area contributed by atoms with Crippen LogP contribution in [-0.4, -0.2) is 35.9 Å². The number of hydrogen-bond acceptors (Lipinski definition) is 6.